The number of tetrazole rings is 1. The number of aryl methyl sites for hydroxylation is 2. The molecule has 0 aliphatic carbocycles. The van der Waals surface area contributed by atoms with Crippen molar-refractivity contribution in [1.82, 2.24) is 24.8 Å². The molecule has 2 aromatic rings. The standard InChI is InChI=1S/C9H11N5O2/c15-8-3-1-4-13(9(8)16)5-2-6-14-11-7-10-12-14/h1,3-4,7,15H,2,5-6H2. The fourth-order valence-corrected chi connectivity index (χ4v) is 1.37. The number of hydrogen-bond donors (Lipinski definition) is 1. The molecule has 7 nitrogen and oxygen atoms in total. The van der Waals surface area contributed by atoms with E-state index in [4.69, 9.17) is 0 Å². The lowest BCUT2D eigenvalue weighted by Crippen LogP contribution is -2.19. The highest BCUT2D eigenvalue weighted by molar-refractivity contribution is 5.14. The van der Waals surface area contributed by atoms with Gasteiger partial charge in [-0.1, -0.05) is 0 Å². The molecule has 2 rings (SSSR count). The fraction of sp³-hybridized carbons (Fsp3) is 0.333. The Morgan fingerprint density at radius 3 is 3.00 bits per heavy atom. The molecule has 0 atom stereocenters. The Bertz CT molecular complexity index is 505. The molecule has 2 heterocycles. The third-order valence-corrected chi connectivity index (χ3v) is 2.15. The van der Waals surface area contributed by atoms with Gasteiger partial charge in [0.05, 0.1) is 6.54 Å². The van der Waals surface area contributed by atoms with Crippen LogP contribution in [0.3, 0.4) is 0 Å². The molecule has 1 N–H and O–H groups in total. The van der Waals surface area contributed by atoms with Crippen molar-refractivity contribution in [3.63, 3.8) is 0 Å². The second-order valence-corrected chi connectivity index (χ2v) is 3.28. The van der Waals surface area contributed by atoms with Gasteiger partial charge in [-0.05, 0) is 23.8 Å². The molecule has 0 aliphatic rings. The maximum Gasteiger partial charge on any atom is 0.292 e. The van der Waals surface area contributed by atoms with Crippen molar-refractivity contribution in [2.75, 3.05) is 0 Å². The SMILES string of the molecule is O=c1c(O)cccn1CCCn1ncnn1. The van der Waals surface area contributed by atoms with Gasteiger partial charge in [0, 0.05) is 12.7 Å². The molecule has 84 valence electrons. The molecule has 0 aliphatic heterocycles. The van der Waals surface area contributed by atoms with Gasteiger partial charge < -0.3 is 9.67 Å². The van der Waals surface area contributed by atoms with E-state index in [0.717, 1.165) is 0 Å². The van der Waals surface area contributed by atoms with Crippen LogP contribution in [0.15, 0.2) is 29.5 Å². The molecule has 0 bridgehead atoms. The predicted octanol–water partition coefficient (Wildman–Crippen LogP) is -0.369. The Labute approximate surface area is 91.0 Å². The zero-order valence-corrected chi connectivity index (χ0v) is 8.52. The van der Waals surface area contributed by atoms with Gasteiger partial charge in [0.15, 0.2) is 12.1 Å². The van der Waals surface area contributed by atoms with Gasteiger partial charge in [-0.3, -0.25) is 4.79 Å². The molecule has 0 fully saturated rings. The van der Waals surface area contributed by atoms with Crippen molar-refractivity contribution >= 4 is 0 Å². The van der Waals surface area contributed by atoms with Crippen LogP contribution in [0.25, 0.3) is 0 Å². The summed E-state index contributed by atoms with van der Waals surface area (Å²) in [5.41, 5.74) is -0.381. The van der Waals surface area contributed by atoms with E-state index in [9.17, 15) is 9.90 Å². The van der Waals surface area contributed by atoms with E-state index in [0.29, 0.717) is 19.5 Å². The first-order valence-electron chi connectivity index (χ1n) is 4.86. The molecule has 16 heavy (non-hydrogen) atoms. The topological polar surface area (TPSA) is 85.8 Å². The average Bonchev–Trinajstić information content (AvgIpc) is 2.77. The van der Waals surface area contributed by atoms with Gasteiger partial charge in [-0.2, -0.15) is 4.80 Å². The van der Waals surface area contributed by atoms with Crippen LogP contribution in [0.5, 0.6) is 5.75 Å². The van der Waals surface area contributed by atoms with Crippen LogP contribution in [0.1, 0.15) is 6.42 Å². The van der Waals surface area contributed by atoms with E-state index in [1.165, 1.54) is 21.8 Å². The van der Waals surface area contributed by atoms with E-state index >= 15 is 0 Å². The summed E-state index contributed by atoms with van der Waals surface area (Å²) >= 11 is 0. The van der Waals surface area contributed by atoms with E-state index < -0.39 is 0 Å². The number of aromatic hydroxyl groups is 1. The van der Waals surface area contributed by atoms with Crippen LogP contribution in [0.4, 0.5) is 0 Å². The smallest absolute Gasteiger partial charge is 0.292 e. The first-order chi connectivity index (χ1) is 7.77. The lowest BCUT2D eigenvalue weighted by molar-refractivity contribution is 0.440. The number of aromatic nitrogens is 5. The second-order valence-electron chi connectivity index (χ2n) is 3.28. The minimum Gasteiger partial charge on any atom is -0.503 e. The van der Waals surface area contributed by atoms with Gasteiger partial charge >= 0.3 is 0 Å². The first-order valence-corrected chi connectivity index (χ1v) is 4.86. The van der Waals surface area contributed by atoms with Crippen molar-refractivity contribution in [3.05, 3.63) is 35.0 Å². The fourth-order valence-electron chi connectivity index (χ4n) is 1.37. The predicted molar refractivity (Wildman–Crippen MR) is 54.8 cm³/mol. The van der Waals surface area contributed by atoms with Gasteiger partial charge in [0.2, 0.25) is 0 Å². The Balaban J connectivity index is 1.95. The Kier molecular flexibility index (Phi) is 2.95. The summed E-state index contributed by atoms with van der Waals surface area (Å²) in [7, 11) is 0. The number of nitrogens with zero attached hydrogens (tertiary/aromatic N) is 5. The van der Waals surface area contributed by atoms with Crippen molar-refractivity contribution in [1.29, 1.82) is 0 Å². The second kappa shape index (κ2) is 4.56. The summed E-state index contributed by atoms with van der Waals surface area (Å²) in [5.74, 6) is -0.235. The molecule has 0 saturated heterocycles. The van der Waals surface area contributed by atoms with E-state index in [1.807, 2.05) is 0 Å². The van der Waals surface area contributed by atoms with Crippen molar-refractivity contribution < 1.29 is 5.11 Å². The van der Waals surface area contributed by atoms with E-state index in [-0.39, 0.29) is 11.3 Å². The first kappa shape index (κ1) is 10.3. The molecule has 0 amide bonds. The van der Waals surface area contributed by atoms with Crippen LogP contribution in [-0.4, -0.2) is 29.9 Å². The normalized spacial score (nSPS) is 10.5. The highest BCUT2D eigenvalue weighted by atomic mass is 16.3. The summed E-state index contributed by atoms with van der Waals surface area (Å²) < 4.78 is 1.45. The monoisotopic (exact) mass is 221 g/mol. The Morgan fingerprint density at radius 1 is 1.38 bits per heavy atom. The molecule has 0 saturated carbocycles. The van der Waals surface area contributed by atoms with E-state index in [1.54, 1.807) is 12.3 Å². The van der Waals surface area contributed by atoms with Gasteiger partial charge in [0.25, 0.3) is 5.56 Å². The summed E-state index contributed by atoms with van der Waals surface area (Å²) in [6.07, 6.45) is 3.69. The summed E-state index contributed by atoms with van der Waals surface area (Å²) in [4.78, 5) is 12.9. The molecule has 0 unspecified atom stereocenters. The Morgan fingerprint density at radius 2 is 2.25 bits per heavy atom. The average molecular weight is 221 g/mol. The van der Waals surface area contributed by atoms with Gasteiger partial charge in [0.1, 0.15) is 0 Å². The molecule has 0 radical (unpaired) electrons. The molecule has 2 aromatic heterocycles. The number of rotatable bonds is 4. The third-order valence-electron chi connectivity index (χ3n) is 2.15. The lowest BCUT2D eigenvalue weighted by Gasteiger charge is -2.04. The van der Waals surface area contributed by atoms with Crippen LogP contribution in [0, 0.1) is 0 Å². The van der Waals surface area contributed by atoms with Crippen molar-refractivity contribution in [3.8, 4) is 5.75 Å². The minimum absolute atomic E-state index is 0.235. The van der Waals surface area contributed by atoms with Crippen LogP contribution >= 0.6 is 0 Å². The van der Waals surface area contributed by atoms with Gasteiger partial charge in [-0.15, -0.1) is 10.2 Å². The summed E-state index contributed by atoms with van der Waals surface area (Å²) in [5, 5.41) is 20.3. The zero-order chi connectivity index (χ0) is 11.4. The largest absolute Gasteiger partial charge is 0.503 e. The zero-order valence-electron chi connectivity index (χ0n) is 8.52. The molecular weight excluding hydrogens is 210 g/mol. The van der Waals surface area contributed by atoms with Crippen LogP contribution < -0.4 is 5.56 Å². The van der Waals surface area contributed by atoms with Crippen molar-refractivity contribution in [2.24, 2.45) is 0 Å². The highest BCUT2D eigenvalue weighted by Gasteiger charge is 2.00. The maximum atomic E-state index is 11.4. The van der Waals surface area contributed by atoms with E-state index in [2.05, 4.69) is 15.4 Å². The molecule has 7 heteroatoms. The number of pyridine rings is 1. The van der Waals surface area contributed by atoms with Crippen LogP contribution in [-0.2, 0) is 13.1 Å². The number of hydrogen-bond acceptors (Lipinski definition) is 5. The molecular formula is C9H11N5O2. The summed E-state index contributed by atoms with van der Waals surface area (Å²) in [6.45, 7) is 1.09. The maximum absolute atomic E-state index is 11.4. The lowest BCUT2D eigenvalue weighted by atomic mass is 10.4. The van der Waals surface area contributed by atoms with Crippen molar-refractivity contribution in [2.45, 2.75) is 19.5 Å². The van der Waals surface area contributed by atoms with Crippen LogP contribution in [0.2, 0.25) is 0 Å². The molecule has 0 aromatic carbocycles. The Hall–Kier alpha value is -2.18. The molecule has 0 spiro atoms. The summed E-state index contributed by atoms with van der Waals surface area (Å²) in [6, 6.07) is 3.00. The quantitative estimate of drug-likeness (QED) is 0.761. The minimum atomic E-state index is -0.381. The third kappa shape index (κ3) is 2.25. The highest BCUT2D eigenvalue weighted by Crippen LogP contribution is 1.98. The van der Waals surface area contributed by atoms with Gasteiger partial charge in [-0.25, -0.2) is 0 Å².